The fourth-order valence-corrected chi connectivity index (χ4v) is 2.82. The number of amides is 1. The molecule has 1 amide bonds. The van der Waals surface area contributed by atoms with Gasteiger partial charge < -0.3 is 24.1 Å². The smallest absolute Gasteiger partial charge is 0.480 e. The molecule has 0 saturated carbocycles. The Bertz CT molecular complexity index is 774. The first kappa shape index (κ1) is 23.5. The van der Waals surface area contributed by atoms with Crippen LogP contribution < -0.4 is 10.1 Å². The summed E-state index contributed by atoms with van der Waals surface area (Å²) in [5.41, 5.74) is -0.188. The van der Waals surface area contributed by atoms with Crippen molar-refractivity contribution in [1.29, 1.82) is 0 Å². The van der Waals surface area contributed by atoms with Crippen molar-refractivity contribution in [3.63, 3.8) is 0 Å². The number of hydrogen-bond donors (Lipinski definition) is 1. The maximum atomic E-state index is 12.1. The molecule has 1 aromatic rings. The van der Waals surface area contributed by atoms with Crippen molar-refractivity contribution in [3.8, 4) is 5.88 Å². The molecule has 0 radical (unpaired) electrons. The number of carbonyl (C=O) groups excluding carboxylic acids is 1. The van der Waals surface area contributed by atoms with E-state index in [4.69, 9.17) is 30.4 Å². The van der Waals surface area contributed by atoms with Gasteiger partial charge in [-0.05, 0) is 65.6 Å². The molecule has 0 spiro atoms. The summed E-state index contributed by atoms with van der Waals surface area (Å²) >= 11 is 6.19. The van der Waals surface area contributed by atoms with Gasteiger partial charge in [-0.1, -0.05) is 17.7 Å². The number of methoxy groups -OCH3 is 1. The predicted octanol–water partition coefficient (Wildman–Crippen LogP) is 4.28. The minimum absolute atomic E-state index is 0.176. The maximum absolute atomic E-state index is 12.1. The van der Waals surface area contributed by atoms with E-state index in [0.717, 1.165) is 5.56 Å². The molecule has 9 heteroatoms. The van der Waals surface area contributed by atoms with E-state index in [0.29, 0.717) is 16.4 Å². The third-order valence-corrected chi connectivity index (χ3v) is 5.04. The van der Waals surface area contributed by atoms with Gasteiger partial charge in [0, 0.05) is 12.7 Å². The van der Waals surface area contributed by atoms with E-state index in [2.05, 4.69) is 10.3 Å². The number of halogens is 1. The maximum Gasteiger partial charge on any atom is 0.492 e. The summed E-state index contributed by atoms with van der Waals surface area (Å²) in [6.07, 6.45) is 2.94. The molecule has 0 aromatic carbocycles. The van der Waals surface area contributed by atoms with Crippen molar-refractivity contribution in [2.24, 2.45) is 0 Å². The zero-order valence-electron chi connectivity index (χ0n) is 18.4. The van der Waals surface area contributed by atoms with Crippen LogP contribution in [-0.4, -0.2) is 48.7 Å². The highest BCUT2D eigenvalue weighted by Gasteiger charge is 2.52. The molecule has 29 heavy (non-hydrogen) atoms. The SMILES string of the molecule is COc1ncc(C=C(CNC(=O)OC(C)(C)C)B2OC(C)(C)C(C)(C)O2)cc1Cl. The molecule has 1 saturated heterocycles. The van der Waals surface area contributed by atoms with E-state index in [1.165, 1.54) is 7.11 Å². The number of hydrogen-bond acceptors (Lipinski definition) is 6. The Morgan fingerprint density at radius 3 is 2.34 bits per heavy atom. The van der Waals surface area contributed by atoms with Gasteiger partial charge in [0.1, 0.15) is 10.6 Å². The van der Waals surface area contributed by atoms with Crippen molar-refractivity contribution in [2.45, 2.75) is 65.3 Å². The Balaban J connectivity index is 2.28. The van der Waals surface area contributed by atoms with Crippen LogP contribution in [0.25, 0.3) is 6.08 Å². The first-order valence-electron chi connectivity index (χ1n) is 9.46. The van der Waals surface area contributed by atoms with Crippen LogP contribution >= 0.6 is 11.6 Å². The van der Waals surface area contributed by atoms with Crippen LogP contribution in [0.1, 0.15) is 54.0 Å². The lowest BCUT2D eigenvalue weighted by Crippen LogP contribution is -2.41. The lowest BCUT2D eigenvalue weighted by Gasteiger charge is -2.32. The lowest BCUT2D eigenvalue weighted by atomic mass is 9.77. The molecular weight excluding hydrogens is 394 g/mol. The normalized spacial score (nSPS) is 18.5. The van der Waals surface area contributed by atoms with Gasteiger partial charge >= 0.3 is 13.2 Å². The molecule has 0 bridgehead atoms. The topological polar surface area (TPSA) is 78.9 Å². The van der Waals surface area contributed by atoms with Gasteiger partial charge in [-0.3, -0.25) is 0 Å². The monoisotopic (exact) mass is 424 g/mol. The van der Waals surface area contributed by atoms with Crippen molar-refractivity contribution in [2.75, 3.05) is 13.7 Å². The van der Waals surface area contributed by atoms with E-state index in [1.54, 1.807) is 12.3 Å². The molecule has 1 aromatic heterocycles. The van der Waals surface area contributed by atoms with E-state index in [1.807, 2.05) is 54.5 Å². The summed E-state index contributed by atoms with van der Waals surface area (Å²) in [4.78, 5) is 16.3. The number of alkyl carbamates (subject to hydrolysis) is 1. The number of pyridine rings is 1. The van der Waals surface area contributed by atoms with Crippen LogP contribution in [0.3, 0.4) is 0 Å². The zero-order valence-corrected chi connectivity index (χ0v) is 19.1. The van der Waals surface area contributed by atoms with E-state index in [9.17, 15) is 4.79 Å². The molecular formula is C20H30BClN2O5. The first-order chi connectivity index (χ1) is 13.2. The number of rotatable bonds is 5. The molecule has 2 rings (SSSR count). The van der Waals surface area contributed by atoms with Gasteiger partial charge in [0.2, 0.25) is 5.88 Å². The number of aromatic nitrogens is 1. The lowest BCUT2D eigenvalue weighted by molar-refractivity contribution is 0.00578. The number of ether oxygens (including phenoxy) is 2. The average molecular weight is 425 g/mol. The largest absolute Gasteiger partial charge is 0.492 e. The van der Waals surface area contributed by atoms with Crippen LogP contribution in [-0.2, 0) is 14.0 Å². The quantitative estimate of drug-likeness (QED) is 0.711. The van der Waals surface area contributed by atoms with Crippen molar-refractivity contribution >= 4 is 30.9 Å². The summed E-state index contributed by atoms with van der Waals surface area (Å²) in [5, 5.41) is 3.14. The molecule has 7 nitrogen and oxygen atoms in total. The second-order valence-electron chi connectivity index (χ2n) is 8.92. The van der Waals surface area contributed by atoms with Crippen LogP contribution in [0.4, 0.5) is 4.79 Å². The molecule has 160 valence electrons. The molecule has 0 unspecified atom stereocenters. The highest BCUT2D eigenvalue weighted by Crippen LogP contribution is 2.39. The molecule has 1 fully saturated rings. The molecule has 1 N–H and O–H groups in total. The molecule has 0 aliphatic carbocycles. The highest BCUT2D eigenvalue weighted by atomic mass is 35.5. The molecule has 1 aliphatic rings. The van der Waals surface area contributed by atoms with E-state index in [-0.39, 0.29) is 6.54 Å². The fourth-order valence-electron chi connectivity index (χ4n) is 2.57. The van der Waals surface area contributed by atoms with Gasteiger partial charge in [-0.15, -0.1) is 0 Å². The number of nitrogens with one attached hydrogen (secondary N) is 1. The van der Waals surface area contributed by atoms with E-state index < -0.39 is 30.0 Å². The van der Waals surface area contributed by atoms with Crippen LogP contribution in [0.15, 0.2) is 17.7 Å². The fraction of sp³-hybridized carbons (Fsp3) is 0.600. The first-order valence-corrected chi connectivity index (χ1v) is 9.84. The minimum atomic E-state index is -0.643. The Labute approximate surface area is 178 Å². The van der Waals surface area contributed by atoms with Gasteiger partial charge in [0.15, 0.2) is 0 Å². The third-order valence-electron chi connectivity index (χ3n) is 4.77. The molecule has 1 aliphatic heterocycles. The van der Waals surface area contributed by atoms with Crippen LogP contribution in [0, 0.1) is 0 Å². The Morgan fingerprint density at radius 1 is 1.28 bits per heavy atom. The Kier molecular flexibility index (Phi) is 6.92. The third kappa shape index (κ3) is 6.11. The molecule has 0 atom stereocenters. The predicted molar refractivity (Wildman–Crippen MR) is 114 cm³/mol. The highest BCUT2D eigenvalue weighted by molar-refractivity contribution is 6.56. The molecule has 2 heterocycles. The van der Waals surface area contributed by atoms with Gasteiger partial charge in [0.25, 0.3) is 0 Å². The van der Waals surface area contributed by atoms with Gasteiger partial charge in [-0.2, -0.15) is 0 Å². The standard InChI is InChI=1S/C20H30BClN2O5/c1-18(2,3)27-17(25)24-12-14(21-28-19(4,5)20(6,7)29-21)9-13-10-15(22)16(26-8)23-11-13/h9-11H,12H2,1-8H3,(H,24,25). The second-order valence-corrected chi connectivity index (χ2v) is 9.33. The minimum Gasteiger partial charge on any atom is -0.480 e. The number of carbonyl (C=O) groups is 1. The van der Waals surface area contributed by atoms with Crippen molar-refractivity contribution in [1.82, 2.24) is 10.3 Å². The van der Waals surface area contributed by atoms with Crippen LogP contribution in [0.2, 0.25) is 5.02 Å². The van der Waals surface area contributed by atoms with Gasteiger partial charge in [0.05, 0.1) is 18.3 Å². The zero-order chi connectivity index (χ0) is 22.0. The average Bonchev–Trinajstić information content (AvgIpc) is 2.77. The van der Waals surface area contributed by atoms with Crippen LogP contribution in [0.5, 0.6) is 5.88 Å². The summed E-state index contributed by atoms with van der Waals surface area (Å²) in [6.45, 7) is 13.5. The summed E-state index contributed by atoms with van der Waals surface area (Å²) < 4.78 is 22.7. The Morgan fingerprint density at radius 2 is 1.86 bits per heavy atom. The summed E-state index contributed by atoms with van der Waals surface area (Å²) in [5.74, 6) is 0.341. The number of nitrogens with zero attached hydrogens (tertiary/aromatic N) is 1. The second kappa shape index (κ2) is 8.54. The van der Waals surface area contributed by atoms with Crippen molar-refractivity contribution in [3.05, 3.63) is 28.3 Å². The van der Waals surface area contributed by atoms with Gasteiger partial charge in [-0.25, -0.2) is 9.78 Å². The van der Waals surface area contributed by atoms with Crippen molar-refractivity contribution < 1.29 is 23.6 Å². The summed E-state index contributed by atoms with van der Waals surface area (Å²) in [7, 11) is 0.861. The van der Waals surface area contributed by atoms with E-state index >= 15 is 0 Å². The Hall–Kier alpha value is -1.77. The summed E-state index contributed by atoms with van der Waals surface area (Å²) in [6, 6.07) is 1.73.